The second-order valence-electron chi connectivity index (χ2n) is 10.4. The molecule has 2 aliphatic rings. The molecule has 2 heterocycles. The molecule has 0 aliphatic carbocycles. The molecule has 0 saturated carbocycles. The van der Waals surface area contributed by atoms with Crippen molar-refractivity contribution in [3.8, 4) is 11.5 Å². The largest absolute Gasteiger partial charge is 0.493 e. The van der Waals surface area contributed by atoms with Gasteiger partial charge in [-0.2, -0.15) is 0 Å². The zero-order valence-corrected chi connectivity index (χ0v) is 23.3. The van der Waals surface area contributed by atoms with Crippen molar-refractivity contribution < 1.29 is 14.3 Å². The molecule has 0 radical (unpaired) electrons. The first-order valence-electron chi connectivity index (χ1n) is 13.9. The molecule has 0 bridgehead atoms. The molecule has 1 unspecified atom stereocenters. The summed E-state index contributed by atoms with van der Waals surface area (Å²) in [6, 6.07) is 23.1. The van der Waals surface area contributed by atoms with Gasteiger partial charge in [0, 0.05) is 55.6 Å². The molecule has 39 heavy (non-hydrogen) atoms. The van der Waals surface area contributed by atoms with Gasteiger partial charge in [-0.15, -0.1) is 0 Å². The van der Waals surface area contributed by atoms with Gasteiger partial charge in [0.05, 0.1) is 20.3 Å². The number of hydrogen-bond acceptors (Lipinski definition) is 6. The van der Waals surface area contributed by atoms with Crippen LogP contribution in [0, 0.1) is 0 Å². The summed E-state index contributed by atoms with van der Waals surface area (Å²) in [4.78, 5) is 20.8. The molecule has 1 fully saturated rings. The molecule has 0 spiro atoms. The third-order valence-electron chi connectivity index (χ3n) is 8.31. The molecular formula is C32H40N4O3. The number of carbonyl (C=O) groups excluding carboxylic acids is 1. The average molecular weight is 529 g/mol. The molecule has 2 N–H and O–H groups in total. The van der Waals surface area contributed by atoms with Gasteiger partial charge in [-0.25, -0.2) is 0 Å². The molecule has 1 amide bonds. The lowest BCUT2D eigenvalue weighted by atomic mass is 9.99. The molecular weight excluding hydrogens is 488 g/mol. The highest BCUT2D eigenvalue weighted by molar-refractivity contribution is 6.00. The summed E-state index contributed by atoms with van der Waals surface area (Å²) < 4.78 is 11.0. The van der Waals surface area contributed by atoms with E-state index in [0.29, 0.717) is 30.6 Å². The number of benzene rings is 3. The predicted molar refractivity (Wildman–Crippen MR) is 156 cm³/mol. The summed E-state index contributed by atoms with van der Waals surface area (Å²) >= 11 is 0. The topological polar surface area (TPSA) is 71.3 Å². The van der Waals surface area contributed by atoms with Crippen LogP contribution in [0.15, 0.2) is 66.7 Å². The minimum absolute atomic E-state index is 0.0833. The molecule has 0 aromatic heterocycles. The van der Waals surface area contributed by atoms with Gasteiger partial charge in [-0.05, 0) is 61.7 Å². The van der Waals surface area contributed by atoms with Crippen molar-refractivity contribution in [2.45, 2.75) is 38.4 Å². The fraction of sp³-hybridized carbons (Fsp3) is 0.406. The third-order valence-corrected chi connectivity index (χ3v) is 8.31. The Morgan fingerprint density at radius 3 is 2.31 bits per heavy atom. The number of carbonyl (C=O) groups is 1. The fourth-order valence-electron chi connectivity index (χ4n) is 6.05. The quantitative estimate of drug-likeness (QED) is 0.398. The van der Waals surface area contributed by atoms with Gasteiger partial charge < -0.3 is 25.0 Å². The number of nitrogens with two attached hydrogens (primary N) is 1. The fourth-order valence-corrected chi connectivity index (χ4v) is 6.05. The van der Waals surface area contributed by atoms with Crippen molar-refractivity contribution in [2.75, 3.05) is 51.8 Å². The van der Waals surface area contributed by atoms with Gasteiger partial charge in [-0.1, -0.05) is 42.5 Å². The Balaban J connectivity index is 1.36. The Bertz CT molecular complexity index is 1270. The van der Waals surface area contributed by atoms with Crippen LogP contribution >= 0.6 is 0 Å². The van der Waals surface area contributed by atoms with E-state index in [1.54, 1.807) is 14.2 Å². The minimum atomic E-state index is -0.0929. The molecule has 2 atom stereocenters. The van der Waals surface area contributed by atoms with E-state index in [1.807, 2.05) is 35.2 Å². The molecule has 7 nitrogen and oxygen atoms in total. The molecule has 7 heteroatoms. The zero-order chi connectivity index (χ0) is 27.4. The number of anilines is 1. The molecule has 3 aromatic carbocycles. The van der Waals surface area contributed by atoms with Crippen LogP contribution in [0.1, 0.15) is 58.9 Å². The van der Waals surface area contributed by atoms with Crippen molar-refractivity contribution in [1.82, 2.24) is 9.80 Å². The van der Waals surface area contributed by atoms with Gasteiger partial charge in [0.2, 0.25) is 0 Å². The van der Waals surface area contributed by atoms with Crippen molar-refractivity contribution in [3.63, 3.8) is 0 Å². The van der Waals surface area contributed by atoms with Crippen LogP contribution in [0.5, 0.6) is 11.5 Å². The van der Waals surface area contributed by atoms with Crippen molar-refractivity contribution >= 4 is 11.6 Å². The van der Waals surface area contributed by atoms with Crippen molar-refractivity contribution in [1.29, 1.82) is 0 Å². The maximum absolute atomic E-state index is 13.8. The number of hydrogen-bond donors (Lipinski definition) is 1. The zero-order valence-electron chi connectivity index (χ0n) is 23.3. The Labute approximate surface area is 232 Å². The molecule has 3 aromatic rings. The highest BCUT2D eigenvalue weighted by Crippen LogP contribution is 2.40. The number of ether oxygens (including phenoxy) is 2. The number of nitrogens with zero attached hydrogens (tertiary/aromatic N) is 3. The first-order valence-corrected chi connectivity index (χ1v) is 13.9. The van der Waals surface area contributed by atoms with E-state index in [1.165, 1.54) is 11.3 Å². The predicted octanol–water partition coefficient (Wildman–Crippen LogP) is 5.02. The van der Waals surface area contributed by atoms with E-state index in [-0.39, 0.29) is 11.9 Å². The highest BCUT2D eigenvalue weighted by Gasteiger charge is 2.36. The van der Waals surface area contributed by atoms with E-state index in [9.17, 15) is 4.79 Å². The van der Waals surface area contributed by atoms with E-state index in [0.717, 1.165) is 55.7 Å². The number of rotatable bonds is 10. The van der Waals surface area contributed by atoms with Crippen molar-refractivity contribution in [3.05, 3.63) is 89.0 Å². The number of fused-ring (bicyclic) bond motifs is 1. The summed E-state index contributed by atoms with van der Waals surface area (Å²) in [6.07, 6.45) is 1.62. The Morgan fingerprint density at radius 1 is 0.872 bits per heavy atom. The van der Waals surface area contributed by atoms with Gasteiger partial charge in [0.1, 0.15) is 0 Å². The summed E-state index contributed by atoms with van der Waals surface area (Å²) in [5.74, 6) is 1.43. The maximum Gasteiger partial charge on any atom is 0.255 e. The van der Waals surface area contributed by atoms with Crippen molar-refractivity contribution in [2.24, 2.45) is 5.73 Å². The summed E-state index contributed by atoms with van der Waals surface area (Å²) in [5, 5.41) is 0. The number of amides is 1. The normalized spacial score (nSPS) is 17.2. The Hall–Kier alpha value is -3.55. The van der Waals surface area contributed by atoms with Gasteiger partial charge in [0.15, 0.2) is 11.5 Å². The number of methoxy groups -OCH3 is 2. The third kappa shape index (κ3) is 5.47. The molecule has 206 valence electrons. The smallest absolute Gasteiger partial charge is 0.255 e. The van der Waals surface area contributed by atoms with E-state index >= 15 is 0 Å². The lowest BCUT2D eigenvalue weighted by Crippen LogP contribution is -2.47. The maximum atomic E-state index is 13.8. The standard InChI is InChI=1S/C32H40N4O3/c1-23(24-9-5-4-6-10-24)34-17-19-35(20-18-34)29-12-7-11-26-27(29)22-36(32(26)37)28(13-8-16-33)25-14-15-30(38-2)31(21-25)39-3/h4-7,9-12,14-15,21,23,28H,8,13,16-20,22,33H2,1-3H3/t23?,28-/m1/s1. The molecule has 5 rings (SSSR count). The van der Waals surface area contributed by atoms with Gasteiger partial charge >= 0.3 is 0 Å². The molecule has 2 aliphatic heterocycles. The van der Waals surface area contributed by atoms with Crippen LogP contribution in [0.4, 0.5) is 5.69 Å². The van der Waals surface area contributed by atoms with Gasteiger partial charge in [-0.3, -0.25) is 9.69 Å². The minimum Gasteiger partial charge on any atom is -0.493 e. The first kappa shape index (κ1) is 27.0. The van der Waals surface area contributed by atoms with Crippen LogP contribution in [0.3, 0.4) is 0 Å². The summed E-state index contributed by atoms with van der Waals surface area (Å²) in [7, 11) is 3.27. The lowest BCUT2D eigenvalue weighted by Gasteiger charge is -2.40. The van der Waals surface area contributed by atoms with E-state index in [4.69, 9.17) is 15.2 Å². The van der Waals surface area contributed by atoms with Crippen LogP contribution in [-0.4, -0.2) is 62.7 Å². The first-order chi connectivity index (χ1) is 19.0. The van der Waals surface area contributed by atoms with Gasteiger partial charge in [0.25, 0.3) is 5.91 Å². The summed E-state index contributed by atoms with van der Waals surface area (Å²) in [5.41, 5.74) is 11.4. The molecule has 1 saturated heterocycles. The van der Waals surface area contributed by atoms with Crippen LogP contribution < -0.4 is 20.1 Å². The van der Waals surface area contributed by atoms with Crippen LogP contribution in [0.25, 0.3) is 0 Å². The number of piperazine rings is 1. The average Bonchev–Trinajstić information content (AvgIpc) is 3.33. The highest BCUT2D eigenvalue weighted by atomic mass is 16.5. The van der Waals surface area contributed by atoms with Crippen LogP contribution in [-0.2, 0) is 6.54 Å². The van der Waals surface area contributed by atoms with E-state index in [2.05, 4.69) is 53.1 Å². The Kier molecular flexibility index (Phi) is 8.38. The summed E-state index contributed by atoms with van der Waals surface area (Å²) in [6.45, 7) is 7.31. The second-order valence-corrected chi connectivity index (χ2v) is 10.4. The van der Waals surface area contributed by atoms with Crippen LogP contribution in [0.2, 0.25) is 0 Å². The second kappa shape index (κ2) is 12.1. The Morgan fingerprint density at radius 2 is 1.62 bits per heavy atom. The van der Waals surface area contributed by atoms with E-state index < -0.39 is 0 Å². The monoisotopic (exact) mass is 528 g/mol. The SMILES string of the molecule is COc1ccc([C@@H](CCCN)N2Cc3c(cccc3N3CCN(C(C)c4ccccc4)CC3)C2=O)cc1OC. The lowest BCUT2D eigenvalue weighted by molar-refractivity contribution is 0.0689.